The van der Waals surface area contributed by atoms with Crippen LogP contribution >= 0.6 is 0 Å². The van der Waals surface area contributed by atoms with Crippen molar-refractivity contribution in [2.24, 2.45) is 5.41 Å². The van der Waals surface area contributed by atoms with Gasteiger partial charge >= 0.3 is 0 Å². The van der Waals surface area contributed by atoms with E-state index < -0.39 is 5.41 Å². The molecule has 0 radical (unpaired) electrons. The van der Waals surface area contributed by atoms with Crippen LogP contribution in [0.3, 0.4) is 0 Å². The molecule has 2 atom stereocenters. The molecule has 1 aromatic carbocycles. The molecule has 154 valence electrons. The van der Waals surface area contributed by atoms with Crippen LogP contribution in [0, 0.1) is 5.41 Å². The summed E-state index contributed by atoms with van der Waals surface area (Å²) in [5.41, 5.74) is 3.04. The van der Waals surface area contributed by atoms with Gasteiger partial charge in [0.15, 0.2) is 0 Å². The second-order valence-corrected chi connectivity index (χ2v) is 9.29. The predicted octanol–water partition coefficient (Wildman–Crippen LogP) is 3.51. The summed E-state index contributed by atoms with van der Waals surface area (Å²) in [6.45, 7) is 8.27. The zero-order valence-electron chi connectivity index (χ0n) is 17.6. The molecule has 0 saturated carbocycles. The smallest absolute Gasteiger partial charge is 0.225 e. The Balaban J connectivity index is 1.70. The molecule has 1 amide bonds. The van der Waals surface area contributed by atoms with Gasteiger partial charge in [0.05, 0.1) is 18.8 Å². The highest BCUT2D eigenvalue weighted by Gasteiger charge is 2.53. The van der Waals surface area contributed by atoms with Crippen LogP contribution in [-0.4, -0.2) is 30.1 Å². The zero-order chi connectivity index (χ0) is 20.5. The molecule has 2 aromatic rings. The molecule has 0 unspecified atom stereocenters. The minimum absolute atomic E-state index is 0.0539. The van der Waals surface area contributed by atoms with E-state index in [1.54, 1.807) is 6.20 Å². The van der Waals surface area contributed by atoms with Crippen molar-refractivity contribution >= 4 is 5.91 Å². The number of rotatable bonds is 4. The van der Waals surface area contributed by atoms with Crippen molar-refractivity contribution in [1.82, 2.24) is 15.6 Å². The van der Waals surface area contributed by atoms with E-state index in [1.165, 1.54) is 11.1 Å². The highest BCUT2D eigenvalue weighted by molar-refractivity contribution is 5.82. The van der Waals surface area contributed by atoms with E-state index in [-0.39, 0.29) is 23.5 Å². The highest BCUT2D eigenvalue weighted by atomic mass is 16.5. The number of hydrogen-bond donors (Lipinski definition) is 2. The summed E-state index contributed by atoms with van der Waals surface area (Å²) in [5.74, 6) is 0.0539. The Bertz CT molecular complexity index is 854. The van der Waals surface area contributed by atoms with Crippen LogP contribution in [0.25, 0.3) is 0 Å². The molecule has 2 N–H and O–H groups in total. The zero-order valence-corrected chi connectivity index (χ0v) is 17.6. The number of piperidine rings is 1. The van der Waals surface area contributed by atoms with Crippen LogP contribution in [-0.2, 0) is 21.6 Å². The second kappa shape index (κ2) is 7.88. The van der Waals surface area contributed by atoms with E-state index in [0.717, 1.165) is 31.5 Å². The van der Waals surface area contributed by atoms with Crippen LogP contribution in [0.1, 0.15) is 56.3 Å². The number of benzene rings is 1. The van der Waals surface area contributed by atoms with Crippen molar-refractivity contribution < 1.29 is 9.53 Å². The predicted molar refractivity (Wildman–Crippen MR) is 113 cm³/mol. The number of carbonyl (C=O) groups excluding carboxylic acids is 1. The van der Waals surface area contributed by atoms with Crippen LogP contribution in [0.15, 0.2) is 48.8 Å². The molecular weight excluding hydrogens is 362 g/mol. The van der Waals surface area contributed by atoms with E-state index in [0.29, 0.717) is 6.61 Å². The molecule has 1 saturated heterocycles. The van der Waals surface area contributed by atoms with Crippen molar-refractivity contribution in [1.29, 1.82) is 0 Å². The number of hydrogen-bond acceptors (Lipinski definition) is 4. The lowest BCUT2D eigenvalue weighted by Crippen LogP contribution is -2.50. The van der Waals surface area contributed by atoms with E-state index in [4.69, 9.17) is 4.74 Å². The minimum atomic E-state index is -0.452. The molecule has 2 heterocycles. The molecule has 1 aromatic heterocycles. The normalized spacial score (nSPS) is 23.0. The summed E-state index contributed by atoms with van der Waals surface area (Å²) >= 11 is 0. The van der Waals surface area contributed by atoms with Gasteiger partial charge in [-0.3, -0.25) is 9.78 Å². The number of carbonyl (C=O) groups is 1. The van der Waals surface area contributed by atoms with E-state index in [9.17, 15) is 4.79 Å². The van der Waals surface area contributed by atoms with Gasteiger partial charge in [-0.1, -0.05) is 51.1 Å². The lowest BCUT2D eigenvalue weighted by atomic mass is 9.72. The maximum atomic E-state index is 12.9. The molecule has 0 bridgehead atoms. The van der Waals surface area contributed by atoms with Gasteiger partial charge in [-0.25, -0.2) is 0 Å². The first-order valence-corrected chi connectivity index (χ1v) is 10.5. The molecule has 5 heteroatoms. The Morgan fingerprint density at radius 2 is 1.97 bits per heavy atom. The highest BCUT2D eigenvalue weighted by Crippen LogP contribution is 2.51. The Morgan fingerprint density at radius 1 is 1.21 bits per heavy atom. The van der Waals surface area contributed by atoms with Crippen molar-refractivity contribution in [3.8, 4) is 0 Å². The Hall–Kier alpha value is -2.24. The third-order valence-electron chi connectivity index (χ3n) is 6.30. The number of pyridine rings is 1. The first kappa shape index (κ1) is 20.0. The Labute approximate surface area is 173 Å². The van der Waals surface area contributed by atoms with Gasteiger partial charge in [0.25, 0.3) is 0 Å². The van der Waals surface area contributed by atoms with Crippen molar-refractivity contribution in [2.45, 2.75) is 57.8 Å². The van der Waals surface area contributed by atoms with Gasteiger partial charge in [0.2, 0.25) is 5.91 Å². The van der Waals surface area contributed by atoms with Gasteiger partial charge in [-0.15, -0.1) is 0 Å². The minimum Gasteiger partial charge on any atom is -0.370 e. The molecule has 5 nitrogen and oxygen atoms in total. The summed E-state index contributed by atoms with van der Waals surface area (Å²) < 4.78 is 6.61. The fourth-order valence-corrected chi connectivity index (χ4v) is 4.72. The lowest BCUT2D eigenvalue weighted by Gasteiger charge is -2.41. The SMILES string of the molecule is CC(C)(C)C(=O)N[C@H]1c2ccccc2C2(CCNCC2)[C@@H]1OCc1cccnc1. The van der Waals surface area contributed by atoms with E-state index in [2.05, 4.69) is 39.9 Å². The molecular formula is C24H31N3O2. The van der Waals surface area contributed by atoms with Crippen LogP contribution in [0.4, 0.5) is 0 Å². The van der Waals surface area contributed by atoms with Crippen LogP contribution < -0.4 is 10.6 Å². The van der Waals surface area contributed by atoms with Gasteiger partial charge in [0.1, 0.15) is 0 Å². The van der Waals surface area contributed by atoms with Gasteiger partial charge in [-0.05, 0) is 48.7 Å². The first-order chi connectivity index (χ1) is 13.9. The van der Waals surface area contributed by atoms with Crippen molar-refractivity contribution in [3.05, 3.63) is 65.5 Å². The van der Waals surface area contributed by atoms with E-state index in [1.807, 2.05) is 39.1 Å². The van der Waals surface area contributed by atoms with Gasteiger partial charge in [-0.2, -0.15) is 0 Å². The third kappa shape index (κ3) is 3.81. The number of fused-ring (bicyclic) bond motifs is 2. The maximum absolute atomic E-state index is 12.9. The molecule has 1 spiro atoms. The van der Waals surface area contributed by atoms with Crippen LogP contribution in [0.2, 0.25) is 0 Å². The standard InChI is InChI=1S/C24H31N3O2/c1-23(2,3)22(28)27-20-18-8-4-5-9-19(18)24(10-13-25-14-11-24)21(20)29-16-17-7-6-12-26-15-17/h4-9,12,15,20-21,25H,10-11,13-14,16H2,1-3H3,(H,27,28)/t20-,21+/m0/s1. The summed E-state index contributed by atoms with van der Waals surface area (Å²) in [4.78, 5) is 17.1. The average Bonchev–Trinajstić information content (AvgIpc) is 2.96. The third-order valence-corrected chi connectivity index (χ3v) is 6.30. The Kier molecular flexibility index (Phi) is 5.45. The quantitative estimate of drug-likeness (QED) is 0.834. The average molecular weight is 394 g/mol. The number of nitrogens with one attached hydrogen (secondary N) is 2. The number of amides is 1. The largest absolute Gasteiger partial charge is 0.370 e. The van der Waals surface area contributed by atoms with Gasteiger partial charge in [0, 0.05) is 23.2 Å². The summed E-state index contributed by atoms with van der Waals surface area (Å²) in [5, 5.41) is 6.82. The number of aromatic nitrogens is 1. The molecule has 2 aliphatic rings. The molecule has 1 aliphatic carbocycles. The first-order valence-electron chi connectivity index (χ1n) is 10.5. The summed E-state index contributed by atoms with van der Waals surface area (Å²) in [7, 11) is 0. The summed E-state index contributed by atoms with van der Waals surface area (Å²) in [6, 6.07) is 12.4. The van der Waals surface area contributed by atoms with Crippen LogP contribution in [0.5, 0.6) is 0 Å². The molecule has 4 rings (SSSR count). The van der Waals surface area contributed by atoms with Gasteiger partial charge < -0.3 is 15.4 Å². The van der Waals surface area contributed by atoms with Crippen molar-refractivity contribution in [2.75, 3.05) is 13.1 Å². The van der Waals surface area contributed by atoms with Crippen molar-refractivity contribution in [3.63, 3.8) is 0 Å². The summed E-state index contributed by atoms with van der Waals surface area (Å²) in [6.07, 6.45) is 5.52. The Morgan fingerprint density at radius 3 is 2.66 bits per heavy atom. The van der Waals surface area contributed by atoms with E-state index >= 15 is 0 Å². The molecule has 29 heavy (non-hydrogen) atoms. The maximum Gasteiger partial charge on any atom is 0.225 e. The number of nitrogens with zero attached hydrogens (tertiary/aromatic N) is 1. The second-order valence-electron chi connectivity index (χ2n) is 9.29. The monoisotopic (exact) mass is 393 g/mol. The lowest BCUT2D eigenvalue weighted by molar-refractivity contribution is -0.131. The molecule has 1 fully saturated rings. The fourth-order valence-electron chi connectivity index (χ4n) is 4.72. The molecule has 1 aliphatic heterocycles. The fraction of sp³-hybridized carbons (Fsp3) is 0.500. The topological polar surface area (TPSA) is 63.2 Å². The number of ether oxygens (including phenoxy) is 1.